The molecule has 226 valence electrons. The molecule has 1 unspecified atom stereocenters. The number of carbonyl (C=O) groups is 3. The molecule has 5 rings (SSSR count). The fourth-order valence-electron chi connectivity index (χ4n) is 6.18. The van der Waals surface area contributed by atoms with Crippen molar-refractivity contribution < 1.29 is 32.3 Å². The highest BCUT2D eigenvalue weighted by atomic mass is 35.5. The number of methoxy groups -OCH3 is 1. The van der Waals surface area contributed by atoms with Gasteiger partial charge in [0.15, 0.2) is 0 Å². The standard InChI is InChI=1S/C31H35ClF3N3O4/c1-30(12-13-30)29(41)37-14-10-20(11-15-37)28(40)38-17-23(19-4-7-22(32)8-5-19)25(18-38)36(2)27(39)21-6-9-26(42-3)24(16-21)31(33,34)35/h4-9,16,20,23,25H,10-15,17-18H2,1-3H3/t23?,25-/m1/s1. The van der Waals surface area contributed by atoms with Crippen molar-refractivity contribution in [2.24, 2.45) is 11.3 Å². The third kappa shape index (κ3) is 5.96. The number of piperidine rings is 1. The minimum atomic E-state index is -4.70. The van der Waals surface area contributed by atoms with E-state index in [1.807, 2.05) is 24.0 Å². The molecule has 2 aliphatic heterocycles. The normalized spacial score (nSPS) is 22.2. The number of amides is 3. The molecule has 7 nitrogen and oxygen atoms in total. The van der Waals surface area contributed by atoms with Crippen LogP contribution in [0.2, 0.25) is 5.02 Å². The summed E-state index contributed by atoms with van der Waals surface area (Å²) in [5.41, 5.74) is -0.510. The minimum Gasteiger partial charge on any atom is -0.496 e. The maximum Gasteiger partial charge on any atom is 0.419 e. The number of ether oxygens (including phenoxy) is 1. The van der Waals surface area contributed by atoms with Crippen LogP contribution in [0, 0.1) is 11.3 Å². The number of hydrogen-bond donors (Lipinski definition) is 0. The Morgan fingerprint density at radius 1 is 1.00 bits per heavy atom. The minimum absolute atomic E-state index is 0.0224. The first kappa shape index (κ1) is 30.2. The number of likely N-dealkylation sites (tertiary alicyclic amines) is 2. The fourth-order valence-corrected chi connectivity index (χ4v) is 6.31. The van der Waals surface area contributed by atoms with E-state index in [4.69, 9.17) is 16.3 Å². The Morgan fingerprint density at radius 2 is 1.64 bits per heavy atom. The molecule has 0 aromatic heterocycles. The van der Waals surface area contributed by atoms with Gasteiger partial charge in [-0.05, 0) is 61.6 Å². The third-order valence-corrected chi connectivity index (χ3v) is 9.37. The Hall–Kier alpha value is -3.27. The molecule has 3 amide bonds. The summed E-state index contributed by atoms with van der Waals surface area (Å²) in [4.78, 5) is 45.1. The molecule has 0 spiro atoms. The number of alkyl halides is 3. The fraction of sp³-hybridized carbons (Fsp3) is 0.516. The van der Waals surface area contributed by atoms with Gasteiger partial charge < -0.3 is 19.4 Å². The van der Waals surface area contributed by atoms with Gasteiger partial charge in [0.1, 0.15) is 5.75 Å². The van der Waals surface area contributed by atoms with E-state index in [0.717, 1.165) is 37.6 Å². The molecular weight excluding hydrogens is 571 g/mol. The maximum atomic E-state index is 13.7. The second-order valence-electron chi connectivity index (χ2n) is 11.9. The molecule has 1 aliphatic carbocycles. The monoisotopic (exact) mass is 605 g/mol. The van der Waals surface area contributed by atoms with Gasteiger partial charge in [-0.1, -0.05) is 30.7 Å². The van der Waals surface area contributed by atoms with Gasteiger partial charge in [-0.25, -0.2) is 0 Å². The van der Waals surface area contributed by atoms with Crippen molar-refractivity contribution in [1.29, 1.82) is 0 Å². The second-order valence-corrected chi connectivity index (χ2v) is 12.4. The van der Waals surface area contributed by atoms with Crippen LogP contribution >= 0.6 is 11.6 Å². The molecule has 11 heteroatoms. The Labute approximate surface area is 248 Å². The highest BCUT2D eigenvalue weighted by molar-refractivity contribution is 6.30. The van der Waals surface area contributed by atoms with Crippen LogP contribution in [0.4, 0.5) is 13.2 Å². The first-order chi connectivity index (χ1) is 19.8. The number of carbonyl (C=O) groups excluding carboxylic acids is 3. The van der Waals surface area contributed by atoms with Crippen molar-refractivity contribution in [2.75, 3.05) is 40.3 Å². The van der Waals surface area contributed by atoms with E-state index in [0.29, 0.717) is 37.5 Å². The summed E-state index contributed by atoms with van der Waals surface area (Å²) < 4.78 is 45.9. The van der Waals surface area contributed by atoms with Crippen LogP contribution < -0.4 is 4.74 Å². The summed E-state index contributed by atoms with van der Waals surface area (Å²) in [5.74, 6) is -1.30. The largest absolute Gasteiger partial charge is 0.496 e. The van der Waals surface area contributed by atoms with Crippen molar-refractivity contribution in [2.45, 2.75) is 50.7 Å². The van der Waals surface area contributed by atoms with Crippen molar-refractivity contribution in [3.8, 4) is 5.75 Å². The predicted octanol–water partition coefficient (Wildman–Crippen LogP) is 5.47. The van der Waals surface area contributed by atoms with E-state index in [1.165, 1.54) is 11.0 Å². The summed E-state index contributed by atoms with van der Waals surface area (Å²) in [7, 11) is 2.71. The van der Waals surface area contributed by atoms with Gasteiger partial charge in [0, 0.05) is 61.1 Å². The van der Waals surface area contributed by atoms with Crippen LogP contribution in [0.1, 0.15) is 60.0 Å². The summed E-state index contributed by atoms with van der Waals surface area (Å²) in [6, 6.07) is 9.98. The molecule has 2 aromatic carbocycles. The Bertz CT molecular complexity index is 1350. The van der Waals surface area contributed by atoms with Crippen LogP contribution in [-0.4, -0.2) is 78.8 Å². The zero-order chi connectivity index (χ0) is 30.4. The van der Waals surface area contributed by atoms with E-state index >= 15 is 0 Å². The lowest BCUT2D eigenvalue weighted by Gasteiger charge is -2.34. The van der Waals surface area contributed by atoms with E-state index in [9.17, 15) is 27.6 Å². The third-order valence-electron chi connectivity index (χ3n) is 9.12. The summed E-state index contributed by atoms with van der Waals surface area (Å²) in [6.45, 7) is 3.67. The number of likely N-dealkylation sites (N-methyl/N-ethyl adjacent to an activating group) is 1. The average Bonchev–Trinajstić information content (AvgIpc) is 3.58. The van der Waals surface area contributed by atoms with Gasteiger partial charge in [-0.15, -0.1) is 0 Å². The summed E-state index contributed by atoms with van der Waals surface area (Å²) >= 11 is 6.11. The first-order valence-electron chi connectivity index (χ1n) is 14.2. The van der Waals surface area contributed by atoms with E-state index in [2.05, 4.69) is 0 Å². The predicted molar refractivity (Wildman–Crippen MR) is 151 cm³/mol. The summed E-state index contributed by atoms with van der Waals surface area (Å²) in [6.07, 6.45) is -1.72. The van der Waals surface area contributed by atoms with Crippen LogP contribution in [0.25, 0.3) is 0 Å². The van der Waals surface area contributed by atoms with Crippen LogP contribution in [0.15, 0.2) is 42.5 Å². The zero-order valence-corrected chi connectivity index (χ0v) is 24.7. The molecule has 0 N–H and O–H groups in total. The lowest BCUT2D eigenvalue weighted by atomic mass is 9.93. The van der Waals surface area contributed by atoms with Crippen LogP contribution in [0.5, 0.6) is 5.75 Å². The lowest BCUT2D eigenvalue weighted by molar-refractivity contribution is -0.142. The van der Waals surface area contributed by atoms with Gasteiger partial charge in [0.25, 0.3) is 5.91 Å². The molecule has 2 aromatic rings. The molecule has 2 atom stereocenters. The summed E-state index contributed by atoms with van der Waals surface area (Å²) in [5, 5.41) is 0.546. The average molecular weight is 606 g/mol. The van der Waals surface area contributed by atoms with Crippen molar-refractivity contribution in [1.82, 2.24) is 14.7 Å². The van der Waals surface area contributed by atoms with Crippen LogP contribution in [0.3, 0.4) is 0 Å². The number of halogens is 4. The SMILES string of the molecule is COc1ccc(C(=O)N(C)[C@@H]2CN(C(=O)C3CCN(C(=O)C4(C)CC4)CC3)CC2c2ccc(Cl)cc2)cc1C(F)(F)F. The molecular formula is C31H35ClF3N3O4. The first-order valence-corrected chi connectivity index (χ1v) is 14.6. The smallest absolute Gasteiger partial charge is 0.419 e. The van der Waals surface area contributed by atoms with Gasteiger partial charge in [0.05, 0.1) is 18.7 Å². The van der Waals surface area contributed by atoms with Crippen molar-refractivity contribution >= 4 is 29.3 Å². The number of benzene rings is 2. The van der Waals surface area contributed by atoms with Crippen molar-refractivity contribution in [3.05, 3.63) is 64.2 Å². The van der Waals surface area contributed by atoms with Crippen molar-refractivity contribution in [3.63, 3.8) is 0 Å². The molecule has 1 saturated carbocycles. The molecule has 2 saturated heterocycles. The van der Waals surface area contributed by atoms with Gasteiger partial charge in [-0.3, -0.25) is 14.4 Å². The highest BCUT2D eigenvalue weighted by Gasteiger charge is 2.48. The number of hydrogen-bond acceptors (Lipinski definition) is 4. The van der Waals surface area contributed by atoms with Gasteiger partial charge in [-0.2, -0.15) is 13.2 Å². The molecule has 3 fully saturated rings. The number of nitrogens with zero attached hydrogens (tertiary/aromatic N) is 3. The molecule has 0 radical (unpaired) electrons. The second kappa shape index (κ2) is 11.4. The zero-order valence-electron chi connectivity index (χ0n) is 23.9. The Balaban J connectivity index is 1.34. The molecule has 42 heavy (non-hydrogen) atoms. The Kier molecular flexibility index (Phi) is 8.22. The topological polar surface area (TPSA) is 70.2 Å². The molecule has 2 heterocycles. The van der Waals surface area contributed by atoms with Crippen LogP contribution in [-0.2, 0) is 15.8 Å². The van der Waals surface area contributed by atoms with E-state index in [1.54, 1.807) is 24.1 Å². The lowest BCUT2D eigenvalue weighted by Crippen LogP contribution is -2.46. The van der Waals surface area contributed by atoms with Gasteiger partial charge in [0.2, 0.25) is 11.8 Å². The number of rotatable bonds is 6. The quantitative estimate of drug-likeness (QED) is 0.438. The van der Waals surface area contributed by atoms with Gasteiger partial charge >= 0.3 is 6.18 Å². The Morgan fingerprint density at radius 3 is 2.21 bits per heavy atom. The van der Waals surface area contributed by atoms with E-state index < -0.39 is 23.7 Å². The molecule has 3 aliphatic rings. The van der Waals surface area contributed by atoms with E-state index in [-0.39, 0.29) is 46.9 Å². The highest BCUT2D eigenvalue weighted by Crippen LogP contribution is 2.47. The maximum absolute atomic E-state index is 13.7. The molecule has 0 bridgehead atoms.